The summed E-state index contributed by atoms with van der Waals surface area (Å²) in [5, 5.41) is 2.90. The molecular weight excluding hydrogens is 332 g/mol. The maximum Gasteiger partial charge on any atom is 0.229 e. The number of ether oxygens (including phenoxy) is 1. The topological polar surface area (TPSA) is 42.4 Å². The van der Waals surface area contributed by atoms with Crippen LogP contribution in [0.4, 0.5) is 5.13 Å². The molecule has 1 aromatic heterocycles. The first-order valence-corrected chi connectivity index (χ1v) is 9.94. The van der Waals surface area contributed by atoms with Crippen molar-refractivity contribution in [3.05, 3.63) is 40.4 Å². The predicted molar refractivity (Wildman–Crippen MR) is 101 cm³/mol. The number of amides is 1. The third kappa shape index (κ3) is 3.43. The van der Waals surface area contributed by atoms with Gasteiger partial charge in [-0.3, -0.25) is 9.69 Å². The van der Waals surface area contributed by atoms with Crippen LogP contribution in [0.25, 0.3) is 0 Å². The highest BCUT2D eigenvalue weighted by atomic mass is 32.1. The van der Waals surface area contributed by atoms with Crippen molar-refractivity contribution < 1.29 is 9.53 Å². The predicted octanol–water partition coefficient (Wildman–Crippen LogP) is 4.47. The number of hydrogen-bond acceptors (Lipinski definition) is 4. The van der Waals surface area contributed by atoms with Crippen LogP contribution in [0.1, 0.15) is 54.8 Å². The van der Waals surface area contributed by atoms with E-state index in [1.807, 2.05) is 23.3 Å². The molecule has 1 unspecified atom stereocenters. The quantitative estimate of drug-likeness (QED) is 0.794. The Labute approximate surface area is 152 Å². The van der Waals surface area contributed by atoms with Crippen molar-refractivity contribution in [3.63, 3.8) is 0 Å². The monoisotopic (exact) mass is 356 g/mol. The van der Waals surface area contributed by atoms with Crippen LogP contribution in [0.2, 0.25) is 0 Å². The molecule has 2 aliphatic rings. The zero-order valence-corrected chi connectivity index (χ0v) is 15.6. The molecule has 1 amide bonds. The van der Waals surface area contributed by atoms with Crippen LogP contribution in [0.3, 0.4) is 0 Å². The Morgan fingerprint density at radius 2 is 2.20 bits per heavy atom. The molecule has 132 valence electrons. The van der Waals surface area contributed by atoms with E-state index in [4.69, 9.17) is 4.74 Å². The fourth-order valence-corrected chi connectivity index (χ4v) is 4.68. The molecule has 0 radical (unpaired) electrons. The molecule has 5 heteroatoms. The second-order valence-corrected chi connectivity index (χ2v) is 7.96. The highest BCUT2D eigenvalue weighted by molar-refractivity contribution is 7.14. The zero-order valence-electron chi connectivity index (χ0n) is 14.8. The second-order valence-electron chi connectivity index (χ2n) is 7.12. The van der Waals surface area contributed by atoms with Gasteiger partial charge in [-0.25, -0.2) is 4.98 Å². The minimum Gasteiger partial charge on any atom is -0.497 e. The lowest BCUT2D eigenvalue weighted by Crippen LogP contribution is -2.34. The van der Waals surface area contributed by atoms with Gasteiger partial charge in [0, 0.05) is 17.8 Å². The first-order chi connectivity index (χ1) is 12.2. The summed E-state index contributed by atoms with van der Waals surface area (Å²) in [4.78, 5) is 19.6. The summed E-state index contributed by atoms with van der Waals surface area (Å²) < 4.78 is 5.35. The van der Waals surface area contributed by atoms with Crippen molar-refractivity contribution >= 4 is 22.4 Å². The van der Waals surface area contributed by atoms with Gasteiger partial charge in [0.05, 0.1) is 12.8 Å². The van der Waals surface area contributed by atoms with Crippen molar-refractivity contribution in [1.29, 1.82) is 0 Å². The number of aromatic nitrogens is 1. The Hall–Kier alpha value is -1.88. The number of anilines is 1. The Bertz CT molecular complexity index is 782. The SMILES string of the molecule is COc1ccc2c(c1)CCCC2CC(=O)N(c1nc(C)cs1)C1CC1. The third-order valence-electron chi connectivity index (χ3n) is 5.20. The molecular formula is C20H24N2O2S. The van der Waals surface area contributed by atoms with E-state index in [0.29, 0.717) is 18.4 Å². The molecule has 0 N–H and O–H groups in total. The van der Waals surface area contributed by atoms with Crippen molar-refractivity contribution in [3.8, 4) is 5.75 Å². The Balaban J connectivity index is 1.55. The minimum atomic E-state index is 0.227. The zero-order chi connectivity index (χ0) is 17.4. The van der Waals surface area contributed by atoms with Crippen LogP contribution in [-0.4, -0.2) is 24.0 Å². The summed E-state index contributed by atoms with van der Waals surface area (Å²) in [6.07, 6.45) is 6.08. The standard InChI is InChI=1S/C20H24N2O2S/c1-13-12-25-20(21-13)22(16-6-7-16)19(23)11-15-5-3-4-14-10-17(24-2)8-9-18(14)15/h8-10,12,15-16H,3-7,11H2,1-2H3. The summed E-state index contributed by atoms with van der Waals surface area (Å²) in [5.41, 5.74) is 3.66. The van der Waals surface area contributed by atoms with E-state index in [9.17, 15) is 4.79 Å². The number of hydrogen-bond donors (Lipinski definition) is 0. The van der Waals surface area contributed by atoms with Crippen LogP contribution in [0.15, 0.2) is 23.6 Å². The van der Waals surface area contributed by atoms with E-state index >= 15 is 0 Å². The van der Waals surface area contributed by atoms with Crippen molar-refractivity contribution in [1.82, 2.24) is 4.98 Å². The normalized spacial score (nSPS) is 19.4. The molecule has 0 bridgehead atoms. The molecule has 4 rings (SSSR count). The van der Waals surface area contributed by atoms with E-state index in [2.05, 4.69) is 17.1 Å². The van der Waals surface area contributed by atoms with Gasteiger partial charge >= 0.3 is 0 Å². The number of aryl methyl sites for hydroxylation is 2. The van der Waals surface area contributed by atoms with E-state index in [1.165, 1.54) is 11.1 Å². The van der Waals surface area contributed by atoms with E-state index < -0.39 is 0 Å². The lowest BCUT2D eigenvalue weighted by atomic mass is 9.80. The van der Waals surface area contributed by atoms with Gasteiger partial charge in [0.1, 0.15) is 5.75 Å². The molecule has 4 nitrogen and oxygen atoms in total. The smallest absolute Gasteiger partial charge is 0.229 e. The van der Waals surface area contributed by atoms with Crippen molar-refractivity contribution in [2.75, 3.05) is 12.0 Å². The van der Waals surface area contributed by atoms with Gasteiger partial charge in [0.15, 0.2) is 5.13 Å². The number of nitrogens with zero attached hydrogens (tertiary/aromatic N) is 2. The number of benzene rings is 1. The van der Waals surface area contributed by atoms with Gasteiger partial charge in [0.25, 0.3) is 0 Å². The number of rotatable bonds is 5. The number of fused-ring (bicyclic) bond motifs is 1. The molecule has 1 fully saturated rings. The van der Waals surface area contributed by atoms with Gasteiger partial charge < -0.3 is 4.74 Å². The average molecular weight is 356 g/mol. The molecule has 1 heterocycles. The Morgan fingerprint density at radius 1 is 1.36 bits per heavy atom. The summed E-state index contributed by atoms with van der Waals surface area (Å²) in [6.45, 7) is 1.99. The minimum absolute atomic E-state index is 0.227. The van der Waals surface area contributed by atoms with Crippen molar-refractivity contribution in [2.45, 2.75) is 57.4 Å². The molecule has 0 aliphatic heterocycles. The van der Waals surface area contributed by atoms with Gasteiger partial charge in [-0.1, -0.05) is 6.07 Å². The largest absolute Gasteiger partial charge is 0.497 e. The van der Waals surface area contributed by atoms with E-state index in [1.54, 1.807) is 18.4 Å². The van der Waals surface area contributed by atoms with Crippen LogP contribution in [0.5, 0.6) is 5.75 Å². The third-order valence-corrected chi connectivity index (χ3v) is 6.16. The molecule has 1 atom stereocenters. The molecule has 2 aromatic rings. The first kappa shape index (κ1) is 16.6. The number of carbonyl (C=O) groups is 1. The fraction of sp³-hybridized carbons (Fsp3) is 0.500. The van der Waals surface area contributed by atoms with Crippen LogP contribution < -0.4 is 9.64 Å². The van der Waals surface area contributed by atoms with Gasteiger partial charge in [-0.2, -0.15) is 0 Å². The fourth-order valence-electron chi connectivity index (χ4n) is 3.79. The molecule has 2 aliphatic carbocycles. The van der Waals surface area contributed by atoms with Crippen LogP contribution in [0, 0.1) is 6.92 Å². The van der Waals surface area contributed by atoms with Gasteiger partial charge in [0.2, 0.25) is 5.91 Å². The molecule has 25 heavy (non-hydrogen) atoms. The molecule has 1 saturated carbocycles. The summed E-state index contributed by atoms with van der Waals surface area (Å²) in [7, 11) is 1.70. The van der Waals surface area contributed by atoms with Gasteiger partial charge in [-0.15, -0.1) is 11.3 Å². The molecule has 0 spiro atoms. The number of thiazole rings is 1. The number of carbonyl (C=O) groups excluding carboxylic acids is 1. The molecule has 0 saturated heterocycles. The van der Waals surface area contributed by atoms with E-state index in [0.717, 1.165) is 48.7 Å². The maximum absolute atomic E-state index is 13.1. The maximum atomic E-state index is 13.1. The van der Waals surface area contributed by atoms with Gasteiger partial charge in [-0.05, 0) is 68.2 Å². The van der Waals surface area contributed by atoms with Crippen molar-refractivity contribution in [2.24, 2.45) is 0 Å². The lowest BCUT2D eigenvalue weighted by Gasteiger charge is -2.28. The van der Waals surface area contributed by atoms with Crippen LogP contribution in [-0.2, 0) is 11.2 Å². The summed E-state index contributed by atoms with van der Waals surface area (Å²) in [5.74, 6) is 1.44. The average Bonchev–Trinajstić information content (AvgIpc) is 3.35. The Kier molecular flexibility index (Phi) is 4.50. The Morgan fingerprint density at radius 3 is 2.88 bits per heavy atom. The highest BCUT2D eigenvalue weighted by Gasteiger charge is 2.36. The van der Waals surface area contributed by atoms with E-state index in [-0.39, 0.29) is 5.91 Å². The number of methoxy groups -OCH3 is 1. The van der Waals surface area contributed by atoms with Crippen LogP contribution >= 0.6 is 11.3 Å². The highest BCUT2D eigenvalue weighted by Crippen LogP contribution is 2.39. The lowest BCUT2D eigenvalue weighted by molar-refractivity contribution is -0.119. The second kappa shape index (κ2) is 6.79. The molecule has 1 aromatic carbocycles. The first-order valence-electron chi connectivity index (χ1n) is 9.06. The summed E-state index contributed by atoms with van der Waals surface area (Å²) >= 11 is 1.58. The summed E-state index contributed by atoms with van der Waals surface area (Å²) in [6, 6.07) is 6.66.